The van der Waals surface area contributed by atoms with Crippen molar-refractivity contribution in [3.8, 4) is 11.3 Å². The lowest BCUT2D eigenvalue weighted by Gasteiger charge is -2.09. The molecule has 19 heavy (non-hydrogen) atoms. The highest BCUT2D eigenvalue weighted by molar-refractivity contribution is 9.10. The van der Waals surface area contributed by atoms with Crippen LogP contribution < -0.4 is 5.73 Å². The van der Waals surface area contributed by atoms with Gasteiger partial charge in [-0.05, 0) is 37.0 Å². The minimum absolute atomic E-state index is 0.556. The van der Waals surface area contributed by atoms with Gasteiger partial charge in [0, 0.05) is 22.6 Å². The molecule has 0 fully saturated rings. The zero-order valence-corrected chi connectivity index (χ0v) is 13.5. The zero-order chi connectivity index (χ0) is 14.2. The third-order valence-electron chi connectivity index (χ3n) is 3.25. The molecule has 0 aliphatic carbocycles. The van der Waals surface area contributed by atoms with E-state index < -0.39 is 0 Å². The topological polar surface area (TPSA) is 43.8 Å². The van der Waals surface area contributed by atoms with E-state index in [1.165, 1.54) is 5.56 Å². The minimum atomic E-state index is 0.556. The van der Waals surface area contributed by atoms with Gasteiger partial charge in [-0.3, -0.25) is 4.68 Å². The first-order valence-electron chi connectivity index (χ1n) is 6.48. The summed E-state index contributed by atoms with van der Waals surface area (Å²) in [5, 5.41) is 4.60. The molecule has 2 N–H and O–H groups in total. The lowest BCUT2D eigenvalue weighted by atomic mass is 9.97. The van der Waals surface area contributed by atoms with Crippen molar-refractivity contribution in [2.75, 3.05) is 5.73 Å². The van der Waals surface area contributed by atoms with Crippen molar-refractivity contribution >= 4 is 21.7 Å². The summed E-state index contributed by atoms with van der Waals surface area (Å²) < 4.78 is 2.86. The van der Waals surface area contributed by atoms with Crippen LogP contribution in [0.4, 0.5) is 5.82 Å². The Morgan fingerprint density at radius 1 is 1.37 bits per heavy atom. The number of benzene rings is 1. The van der Waals surface area contributed by atoms with E-state index in [1.54, 1.807) is 4.68 Å². The molecule has 0 spiro atoms. The maximum atomic E-state index is 6.16. The maximum absolute atomic E-state index is 6.16. The Balaban J connectivity index is 2.58. The summed E-state index contributed by atoms with van der Waals surface area (Å²) in [4.78, 5) is 0. The molecule has 1 heterocycles. The average molecular weight is 322 g/mol. The van der Waals surface area contributed by atoms with Gasteiger partial charge in [0.15, 0.2) is 0 Å². The average Bonchev–Trinajstić information content (AvgIpc) is 2.57. The van der Waals surface area contributed by atoms with Crippen LogP contribution >= 0.6 is 15.9 Å². The molecule has 0 aliphatic heterocycles. The fourth-order valence-corrected chi connectivity index (χ4v) is 2.78. The van der Waals surface area contributed by atoms with Crippen molar-refractivity contribution in [1.29, 1.82) is 0 Å². The first-order chi connectivity index (χ1) is 8.90. The van der Waals surface area contributed by atoms with Crippen LogP contribution in [0, 0.1) is 12.8 Å². The largest absolute Gasteiger partial charge is 0.384 e. The predicted octanol–water partition coefficient (Wildman–Crippen LogP) is 3.94. The first kappa shape index (κ1) is 14.1. The quantitative estimate of drug-likeness (QED) is 0.930. The van der Waals surface area contributed by atoms with E-state index >= 15 is 0 Å². The molecule has 4 heteroatoms. The summed E-state index contributed by atoms with van der Waals surface area (Å²) in [7, 11) is 1.90. The van der Waals surface area contributed by atoms with Crippen LogP contribution in [0.2, 0.25) is 0 Å². The predicted molar refractivity (Wildman–Crippen MR) is 84.0 cm³/mol. The number of aryl methyl sites for hydroxylation is 2. The Hall–Kier alpha value is -1.29. The third-order valence-corrected chi connectivity index (χ3v) is 3.74. The van der Waals surface area contributed by atoms with Gasteiger partial charge in [-0.15, -0.1) is 0 Å². The number of hydrogen-bond acceptors (Lipinski definition) is 2. The molecule has 1 aromatic heterocycles. The summed E-state index contributed by atoms with van der Waals surface area (Å²) >= 11 is 3.50. The summed E-state index contributed by atoms with van der Waals surface area (Å²) in [5.74, 6) is 1.33. The van der Waals surface area contributed by atoms with Gasteiger partial charge < -0.3 is 5.73 Å². The second-order valence-electron chi connectivity index (χ2n) is 5.39. The van der Waals surface area contributed by atoms with E-state index in [1.807, 2.05) is 13.1 Å². The van der Waals surface area contributed by atoms with Crippen LogP contribution in [-0.2, 0) is 13.5 Å². The van der Waals surface area contributed by atoms with Crippen LogP contribution in [0.5, 0.6) is 0 Å². The van der Waals surface area contributed by atoms with Gasteiger partial charge in [-0.25, -0.2) is 0 Å². The zero-order valence-electron chi connectivity index (χ0n) is 11.9. The number of halogens is 1. The molecule has 2 aromatic rings. The van der Waals surface area contributed by atoms with E-state index in [0.717, 1.165) is 33.5 Å². The molecule has 0 unspecified atom stereocenters. The van der Waals surface area contributed by atoms with Crippen molar-refractivity contribution in [1.82, 2.24) is 9.78 Å². The van der Waals surface area contributed by atoms with Crippen molar-refractivity contribution in [3.63, 3.8) is 0 Å². The van der Waals surface area contributed by atoms with Gasteiger partial charge in [0.1, 0.15) is 5.82 Å². The number of hydrogen-bond donors (Lipinski definition) is 1. The highest BCUT2D eigenvalue weighted by Gasteiger charge is 2.17. The van der Waals surface area contributed by atoms with E-state index in [4.69, 9.17) is 5.73 Å². The van der Waals surface area contributed by atoms with Gasteiger partial charge in [-0.2, -0.15) is 5.10 Å². The fraction of sp³-hybridized carbons (Fsp3) is 0.400. The Morgan fingerprint density at radius 2 is 2.05 bits per heavy atom. The van der Waals surface area contributed by atoms with E-state index in [-0.39, 0.29) is 0 Å². The lowest BCUT2D eigenvalue weighted by molar-refractivity contribution is 0.648. The highest BCUT2D eigenvalue weighted by Crippen LogP contribution is 2.32. The van der Waals surface area contributed by atoms with Gasteiger partial charge >= 0.3 is 0 Å². The summed E-state index contributed by atoms with van der Waals surface area (Å²) in [6.07, 6.45) is 0.949. The Kier molecular flexibility index (Phi) is 3.99. The van der Waals surface area contributed by atoms with Crippen molar-refractivity contribution in [2.45, 2.75) is 27.2 Å². The molecular weight excluding hydrogens is 302 g/mol. The number of aromatic nitrogens is 2. The van der Waals surface area contributed by atoms with E-state index in [9.17, 15) is 0 Å². The smallest absolute Gasteiger partial charge is 0.125 e. The van der Waals surface area contributed by atoms with Crippen molar-refractivity contribution in [2.24, 2.45) is 13.0 Å². The van der Waals surface area contributed by atoms with E-state index in [2.05, 4.69) is 53.9 Å². The standard InChI is InChI=1S/C15H20BrN3/c1-9(2)7-13-14(18-19(4)15(13)17)12-6-5-11(16)8-10(12)3/h5-6,8-9H,7,17H2,1-4H3. The number of nitrogens with two attached hydrogens (primary N) is 1. The van der Waals surface area contributed by atoms with Crippen LogP contribution in [-0.4, -0.2) is 9.78 Å². The number of nitrogens with zero attached hydrogens (tertiary/aromatic N) is 2. The van der Waals surface area contributed by atoms with Crippen molar-refractivity contribution < 1.29 is 0 Å². The van der Waals surface area contributed by atoms with Crippen LogP contribution in [0.1, 0.15) is 25.0 Å². The van der Waals surface area contributed by atoms with Crippen LogP contribution in [0.15, 0.2) is 22.7 Å². The first-order valence-corrected chi connectivity index (χ1v) is 7.27. The highest BCUT2D eigenvalue weighted by atomic mass is 79.9. The molecule has 0 saturated carbocycles. The van der Waals surface area contributed by atoms with Gasteiger partial charge in [-0.1, -0.05) is 35.8 Å². The van der Waals surface area contributed by atoms with Gasteiger partial charge in [0.25, 0.3) is 0 Å². The molecule has 0 atom stereocenters. The molecule has 1 aromatic carbocycles. The lowest BCUT2D eigenvalue weighted by Crippen LogP contribution is -2.02. The van der Waals surface area contributed by atoms with E-state index in [0.29, 0.717) is 5.92 Å². The second-order valence-corrected chi connectivity index (χ2v) is 6.31. The number of anilines is 1. The SMILES string of the molecule is Cc1cc(Br)ccc1-c1nn(C)c(N)c1CC(C)C. The summed E-state index contributed by atoms with van der Waals surface area (Å²) in [5.41, 5.74) is 10.7. The number of rotatable bonds is 3. The molecule has 2 rings (SSSR count). The Morgan fingerprint density at radius 3 is 2.63 bits per heavy atom. The molecule has 102 valence electrons. The third kappa shape index (κ3) is 2.84. The van der Waals surface area contributed by atoms with Gasteiger partial charge in [0.2, 0.25) is 0 Å². The Labute approximate surface area is 122 Å². The molecular formula is C15H20BrN3. The molecule has 3 nitrogen and oxygen atoms in total. The van der Waals surface area contributed by atoms with Crippen LogP contribution in [0.3, 0.4) is 0 Å². The summed E-state index contributed by atoms with van der Waals surface area (Å²) in [6, 6.07) is 6.26. The Bertz CT molecular complexity index is 600. The second kappa shape index (κ2) is 5.37. The monoisotopic (exact) mass is 321 g/mol. The normalized spacial score (nSPS) is 11.3. The minimum Gasteiger partial charge on any atom is -0.384 e. The fourth-order valence-electron chi connectivity index (χ4n) is 2.30. The molecule has 0 amide bonds. The molecule has 0 bridgehead atoms. The molecule has 0 aliphatic rings. The van der Waals surface area contributed by atoms with Crippen molar-refractivity contribution in [3.05, 3.63) is 33.8 Å². The summed E-state index contributed by atoms with van der Waals surface area (Å²) in [6.45, 7) is 6.50. The maximum Gasteiger partial charge on any atom is 0.125 e. The van der Waals surface area contributed by atoms with Crippen LogP contribution in [0.25, 0.3) is 11.3 Å². The van der Waals surface area contributed by atoms with Gasteiger partial charge in [0.05, 0.1) is 5.69 Å². The molecule has 0 radical (unpaired) electrons. The number of nitrogen functional groups attached to an aromatic ring is 1. The molecule has 0 saturated heterocycles.